The van der Waals surface area contributed by atoms with Gasteiger partial charge >= 0.3 is 17.9 Å². The monoisotopic (exact) mass is 1410 g/mol. The molecule has 0 unspecified atom stereocenters. The molecule has 5 rings (SSSR count). The number of ketones is 1. The first-order chi connectivity index (χ1) is 48.0. The van der Waals surface area contributed by atoms with Crippen LogP contribution in [0.25, 0.3) is 0 Å². The number of nitrogens with zero attached hydrogens (tertiary/aromatic N) is 2. The molecule has 1 saturated heterocycles. The molecule has 544 valence electrons. The Bertz CT molecular complexity index is 3560. The van der Waals surface area contributed by atoms with Gasteiger partial charge in [-0.05, 0) is 80.3 Å². The van der Waals surface area contributed by atoms with Gasteiger partial charge in [-0.1, -0.05) is 103 Å². The van der Waals surface area contributed by atoms with Crippen LogP contribution in [0.5, 0.6) is 5.75 Å². The van der Waals surface area contributed by atoms with Crippen molar-refractivity contribution in [2.45, 2.75) is 151 Å². The van der Waals surface area contributed by atoms with Gasteiger partial charge in [0.05, 0.1) is 31.7 Å². The summed E-state index contributed by atoms with van der Waals surface area (Å²) in [6, 6.07) is 15.1. The fourth-order valence-electron chi connectivity index (χ4n) is 10.5. The largest absolute Gasteiger partial charge is 0.508 e. The van der Waals surface area contributed by atoms with Crippen LogP contribution in [0, 0.1) is 0 Å². The summed E-state index contributed by atoms with van der Waals surface area (Å²) in [5, 5.41) is 72.9. The van der Waals surface area contributed by atoms with Crippen LogP contribution in [-0.4, -0.2) is 212 Å². The Morgan fingerprint density at radius 1 is 0.545 bits per heavy atom. The number of amides is 10. The van der Waals surface area contributed by atoms with E-state index in [1.165, 1.54) is 24.3 Å². The number of aromatic hydroxyl groups is 1. The highest BCUT2D eigenvalue weighted by Gasteiger charge is 2.43. The van der Waals surface area contributed by atoms with Gasteiger partial charge in [0.25, 0.3) is 5.78 Å². The van der Waals surface area contributed by atoms with Crippen LogP contribution in [0.3, 0.4) is 0 Å². The predicted octanol–water partition coefficient (Wildman–Crippen LogP) is -4.17. The second-order valence-corrected chi connectivity index (χ2v) is 23.7. The maximum atomic E-state index is 14.9. The predicted molar refractivity (Wildman–Crippen MR) is 358 cm³/mol. The molecule has 0 saturated carbocycles. The fraction of sp³-hybridized carbons (Fsp3) is 0.418. The fourth-order valence-corrected chi connectivity index (χ4v) is 10.5. The number of aliphatic hydroxyl groups is 2. The lowest BCUT2D eigenvalue weighted by Gasteiger charge is -2.31. The second-order valence-electron chi connectivity index (χ2n) is 23.7. The van der Waals surface area contributed by atoms with Gasteiger partial charge in [0.2, 0.25) is 59.1 Å². The minimum Gasteiger partial charge on any atom is -0.508 e. The van der Waals surface area contributed by atoms with E-state index in [-0.39, 0.29) is 76.4 Å². The molecule has 4 aromatic rings. The quantitative estimate of drug-likeness (QED) is 0.00661. The third kappa shape index (κ3) is 27.1. The SMILES string of the molecule is C[C@@H](O)[C@H](NC(=O)[C@H](Cc1ccc(O)cc1)NC(=O)[C@H](Cc1ccccc1)NC(=O)[C@H](Cc1ccccc1)NC(=O)CNC(=O)[C@H](CCCN=C(N)N)NC(=O)[C@H](CCC(=O)O)NC(=O)CN)C(=O)N[C@@H](CC(=O)O)C(=O)N1CCC[C@H]1C(=O)N[C@H](C(=O)C(=O)OCc1ccccc1)[C@@H](C)O. The number of hydrogen-bond donors (Lipinski definition) is 17. The summed E-state index contributed by atoms with van der Waals surface area (Å²) in [7, 11) is 0. The number of esters is 1. The van der Waals surface area contributed by atoms with Crippen molar-refractivity contribution in [1.82, 2.24) is 52.8 Å². The lowest BCUT2D eigenvalue weighted by Crippen LogP contribution is -2.62. The summed E-state index contributed by atoms with van der Waals surface area (Å²) in [5.74, 6) is -16.4. The molecule has 4 aromatic carbocycles. The average Bonchev–Trinajstić information content (AvgIpc) is 1.76. The first-order valence-corrected chi connectivity index (χ1v) is 32.2. The molecule has 101 heavy (non-hydrogen) atoms. The normalized spacial score (nSPS) is 15.4. The van der Waals surface area contributed by atoms with Gasteiger partial charge in [-0.2, -0.15) is 0 Å². The summed E-state index contributed by atoms with van der Waals surface area (Å²) >= 11 is 0. The van der Waals surface area contributed by atoms with E-state index < -0.39 is 182 Å². The number of likely N-dealkylation sites (tertiary alicyclic amines) is 1. The molecule has 0 spiro atoms. The molecule has 20 N–H and O–H groups in total. The van der Waals surface area contributed by atoms with E-state index in [2.05, 4.69) is 52.8 Å². The van der Waals surface area contributed by atoms with Crippen molar-refractivity contribution in [3.8, 4) is 5.75 Å². The molecule has 34 nitrogen and oxygen atoms in total. The van der Waals surface area contributed by atoms with E-state index in [1.54, 1.807) is 91.0 Å². The van der Waals surface area contributed by atoms with Crippen molar-refractivity contribution < 1.29 is 97.4 Å². The zero-order valence-electron chi connectivity index (χ0n) is 55.4. The zero-order valence-corrected chi connectivity index (χ0v) is 55.4. The number of aliphatic hydroxyl groups excluding tert-OH is 2. The number of hydrogen-bond acceptors (Lipinski definition) is 20. The number of nitrogens with one attached hydrogen (secondary N) is 9. The number of benzene rings is 4. The molecule has 0 radical (unpaired) electrons. The molecule has 10 amide bonds. The van der Waals surface area contributed by atoms with Crippen molar-refractivity contribution in [2.24, 2.45) is 22.2 Å². The van der Waals surface area contributed by atoms with Gasteiger partial charge in [0.15, 0.2) is 5.96 Å². The van der Waals surface area contributed by atoms with Gasteiger partial charge in [-0.3, -0.25) is 67.3 Å². The number of phenols is 1. The summed E-state index contributed by atoms with van der Waals surface area (Å²) in [6.45, 7) is 0.311. The van der Waals surface area contributed by atoms with Gasteiger partial charge < -0.3 is 100 Å². The number of carboxylic acid groups (broad SMARTS) is 2. The molecule has 0 bridgehead atoms. The van der Waals surface area contributed by atoms with Crippen molar-refractivity contribution in [2.75, 3.05) is 26.2 Å². The molecule has 11 atom stereocenters. The standard InChI is InChI=1S/C67H86N14O20/c1-37(82)55(57(91)66(100)101-36-42-18-10-5-11-19-42)79-63(97)50-21-13-29-81(50)65(99)49(33-54(89)90)78-64(98)56(38(2)83)80-62(96)48(32-41-22-24-43(84)25-23-41)77-61(95)47(31-40-16-8-4-9-17-40)76-60(94)46(30-39-14-6-3-7-15-39)74-52(86)35-72-58(92)44(20-12-28-71-67(69)70)75-59(93)45(26-27-53(87)88)73-51(85)34-68/h3-11,14-19,22-25,37-38,44-50,55-56,82-84H,12-13,20-21,26-36,68H2,1-2H3,(H,72,92)(H,73,85)(H,74,86)(H,75,93)(H,76,94)(H,77,95)(H,78,98)(H,79,97)(H,80,96)(H,87,88)(H,89,90)(H4,69,70,71)/t37-,38-,44+,45+,46+,47+,48+,49+,50+,55+,56+/m1/s1. The third-order valence-corrected chi connectivity index (χ3v) is 15.7. The molecular weight excluding hydrogens is 1320 g/mol. The smallest absolute Gasteiger partial charge is 0.377 e. The maximum Gasteiger partial charge on any atom is 0.377 e. The van der Waals surface area contributed by atoms with Crippen molar-refractivity contribution in [1.29, 1.82) is 0 Å². The molecule has 1 fully saturated rings. The maximum absolute atomic E-state index is 14.9. The van der Waals surface area contributed by atoms with E-state index in [4.69, 9.17) is 21.9 Å². The number of aliphatic imine (C=N–C) groups is 1. The number of Topliss-reactive ketones (excluding diaryl/α,β-unsaturated/α-hetero) is 1. The van der Waals surface area contributed by atoms with Crippen molar-refractivity contribution >= 4 is 88.7 Å². The van der Waals surface area contributed by atoms with Crippen LogP contribution in [0.2, 0.25) is 0 Å². The minimum absolute atomic E-state index is 0.0128. The molecule has 1 aliphatic rings. The van der Waals surface area contributed by atoms with E-state index >= 15 is 0 Å². The van der Waals surface area contributed by atoms with Crippen LogP contribution in [0.4, 0.5) is 0 Å². The second kappa shape index (κ2) is 40.5. The topological polar surface area (TPSA) is 551 Å². The summed E-state index contributed by atoms with van der Waals surface area (Å²) < 4.78 is 5.09. The first kappa shape index (κ1) is 80.3. The number of rotatable bonds is 40. The number of ether oxygens (including phenoxy) is 1. The highest BCUT2D eigenvalue weighted by molar-refractivity contribution is 6.36. The average molecular weight is 1410 g/mol. The Morgan fingerprint density at radius 3 is 1.53 bits per heavy atom. The number of nitrogens with two attached hydrogens (primary N) is 3. The van der Waals surface area contributed by atoms with Gasteiger partial charge in [0.1, 0.15) is 66.7 Å². The summed E-state index contributed by atoms with van der Waals surface area (Å²) in [4.78, 5) is 195. The molecule has 1 aliphatic heterocycles. The summed E-state index contributed by atoms with van der Waals surface area (Å²) in [5.41, 5.74) is 18.1. The van der Waals surface area contributed by atoms with Crippen molar-refractivity contribution in [3.05, 3.63) is 138 Å². The minimum atomic E-state index is -2.02. The number of aliphatic carboxylic acids is 2. The lowest BCUT2D eigenvalue weighted by atomic mass is 10.0. The Morgan fingerprint density at radius 2 is 1.02 bits per heavy atom. The molecule has 34 heteroatoms. The highest BCUT2D eigenvalue weighted by Crippen LogP contribution is 2.21. The van der Waals surface area contributed by atoms with Gasteiger partial charge in [-0.15, -0.1) is 0 Å². The molecule has 0 aliphatic carbocycles. The molecule has 0 aromatic heterocycles. The Hall–Kier alpha value is -11.4. The number of carbonyl (C=O) groups is 14. The van der Waals surface area contributed by atoms with Crippen LogP contribution < -0.4 is 65.1 Å². The van der Waals surface area contributed by atoms with Gasteiger partial charge in [0, 0.05) is 38.8 Å². The molecular formula is C67H86N14O20. The zero-order chi connectivity index (χ0) is 74.3. The van der Waals surface area contributed by atoms with Crippen molar-refractivity contribution in [3.63, 3.8) is 0 Å². The molecule has 1 heterocycles. The number of phenolic OH excluding ortho intramolecular Hbond substituents is 1. The summed E-state index contributed by atoms with van der Waals surface area (Å²) in [6.07, 6.45) is -6.39. The number of carboxylic acids is 2. The number of guanidine groups is 1. The van der Waals surface area contributed by atoms with E-state index in [0.29, 0.717) is 22.3 Å². The van der Waals surface area contributed by atoms with Crippen LogP contribution in [0.15, 0.2) is 120 Å². The van der Waals surface area contributed by atoms with Crippen LogP contribution in [0.1, 0.15) is 81.0 Å². The Kier molecular flexibility index (Phi) is 32.2. The van der Waals surface area contributed by atoms with Crippen LogP contribution in [-0.2, 0) is 97.7 Å². The van der Waals surface area contributed by atoms with E-state index in [9.17, 15) is 92.7 Å². The third-order valence-electron chi connectivity index (χ3n) is 15.7. The number of carbonyl (C=O) groups excluding carboxylic acids is 12. The Labute approximate surface area is 579 Å². The Balaban J connectivity index is 1.37. The van der Waals surface area contributed by atoms with Crippen LogP contribution >= 0.6 is 0 Å². The first-order valence-electron chi connectivity index (χ1n) is 32.2. The van der Waals surface area contributed by atoms with E-state index in [0.717, 1.165) is 18.7 Å². The highest BCUT2D eigenvalue weighted by atomic mass is 16.5. The van der Waals surface area contributed by atoms with E-state index in [1.807, 2.05) is 0 Å². The lowest BCUT2D eigenvalue weighted by molar-refractivity contribution is -0.157. The van der Waals surface area contributed by atoms with Gasteiger partial charge in [-0.25, -0.2) is 4.79 Å².